The third-order valence-electron chi connectivity index (χ3n) is 3.50. The molecule has 0 radical (unpaired) electrons. The molecule has 1 saturated carbocycles. The number of pyridine rings is 1. The molecule has 1 aromatic rings. The topological polar surface area (TPSA) is 24.9 Å². The standard InChI is InChI=1S/C13H18ClFN2/c1-9-2-4-10(5-3-9)7-16-13-12(15)6-11(14)8-17-13/h6,8-10H,2-5,7H2,1H3,(H,16,17). The predicted molar refractivity (Wildman–Crippen MR) is 68.8 cm³/mol. The Hall–Kier alpha value is -0.830. The molecule has 0 spiro atoms. The van der Waals surface area contributed by atoms with Gasteiger partial charge < -0.3 is 5.32 Å². The Morgan fingerprint density at radius 2 is 2.12 bits per heavy atom. The van der Waals surface area contributed by atoms with E-state index in [1.54, 1.807) is 0 Å². The van der Waals surface area contributed by atoms with Crippen molar-refractivity contribution in [3.05, 3.63) is 23.1 Å². The van der Waals surface area contributed by atoms with E-state index in [-0.39, 0.29) is 5.82 Å². The smallest absolute Gasteiger partial charge is 0.166 e. The van der Waals surface area contributed by atoms with Crippen molar-refractivity contribution in [2.45, 2.75) is 32.6 Å². The van der Waals surface area contributed by atoms with E-state index in [0.29, 0.717) is 16.8 Å². The number of nitrogens with zero attached hydrogens (tertiary/aromatic N) is 1. The number of anilines is 1. The van der Waals surface area contributed by atoms with E-state index in [1.807, 2.05) is 0 Å². The van der Waals surface area contributed by atoms with Gasteiger partial charge in [0, 0.05) is 12.7 Å². The minimum Gasteiger partial charge on any atom is -0.367 e. The van der Waals surface area contributed by atoms with Crippen LogP contribution in [0, 0.1) is 17.7 Å². The summed E-state index contributed by atoms with van der Waals surface area (Å²) >= 11 is 5.65. The minimum absolute atomic E-state index is 0.313. The molecule has 0 aromatic carbocycles. The molecule has 0 aliphatic heterocycles. The fourth-order valence-corrected chi connectivity index (χ4v) is 2.46. The van der Waals surface area contributed by atoms with Gasteiger partial charge in [0.2, 0.25) is 0 Å². The molecule has 2 nitrogen and oxygen atoms in total. The van der Waals surface area contributed by atoms with E-state index >= 15 is 0 Å². The van der Waals surface area contributed by atoms with Gasteiger partial charge in [-0.1, -0.05) is 31.4 Å². The minimum atomic E-state index is -0.373. The number of nitrogens with one attached hydrogen (secondary N) is 1. The maximum Gasteiger partial charge on any atom is 0.166 e. The summed E-state index contributed by atoms with van der Waals surface area (Å²) in [4.78, 5) is 3.96. The lowest BCUT2D eigenvalue weighted by atomic mass is 9.83. The average Bonchev–Trinajstić information content (AvgIpc) is 2.30. The van der Waals surface area contributed by atoms with Gasteiger partial charge in [0.25, 0.3) is 0 Å². The fraction of sp³-hybridized carbons (Fsp3) is 0.615. The zero-order valence-corrected chi connectivity index (χ0v) is 10.8. The predicted octanol–water partition coefficient (Wildman–Crippen LogP) is 4.11. The Labute approximate surface area is 107 Å². The highest BCUT2D eigenvalue weighted by Gasteiger charge is 2.18. The first-order valence-electron chi connectivity index (χ1n) is 6.20. The molecule has 0 amide bonds. The summed E-state index contributed by atoms with van der Waals surface area (Å²) in [7, 11) is 0. The summed E-state index contributed by atoms with van der Waals surface area (Å²) in [6.07, 6.45) is 6.48. The molecule has 0 atom stereocenters. The molecule has 1 heterocycles. The number of hydrogen-bond donors (Lipinski definition) is 1. The number of aromatic nitrogens is 1. The summed E-state index contributed by atoms with van der Waals surface area (Å²) in [6, 6.07) is 1.29. The molecule has 1 aromatic heterocycles. The summed E-state index contributed by atoms with van der Waals surface area (Å²) in [5.74, 6) is 1.43. The maximum absolute atomic E-state index is 13.5. The molecular weight excluding hydrogens is 239 g/mol. The van der Waals surface area contributed by atoms with Gasteiger partial charge in [-0.15, -0.1) is 0 Å². The van der Waals surface area contributed by atoms with E-state index in [4.69, 9.17) is 11.6 Å². The van der Waals surface area contributed by atoms with Crippen molar-refractivity contribution in [1.82, 2.24) is 4.98 Å². The van der Waals surface area contributed by atoms with Gasteiger partial charge in [0.05, 0.1) is 5.02 Å². The van der Waals surface area contributed by atoms with E-state index in [1.165, 1.54) is 37.9 Å². The van der Waals surface area contributed by atoms with Crippen LogP contribution < -0.4 is 5.32 Å². The lowest BCUT2D eigenvalue weighted by molar-refractivity contribution is 0.300. The summed E-state index contributed by atoms with van der Waals surface area (Å²) in [5.41, 5.74) is 0. The average molecular weight is 257 g/mol. The van der Waals surface area contributed by atoms with Crippen molar-refractivity contribution >= 4 is 17.4 Å². The Balaban J connectivity index is 1.85. The summed E-state index contributed by atoms with van der Waals surface area (Å²) < 4.78 is 13.5. The summed E-state index contributed by atoms with van der Waals surface area (Å²) in [6.45, 7) is 3.10. The van der Waals surface area contributed by atoms with E-state index in [2.05, 4.69) is 17.2 Å². The zero-order chi connectivity index (χ0) is 12.3. The van der Waals surface area contributed by atoms with Crippen LogP contribution in [0.5, 0.6) is 0 Å². The molecule has 17 heavy (non-hydrogen) atoms. The highest BCUT2D eigenvalue weighted by atomic mass is 35.5. The molecule has 4 heteroatoms. The van der Waals surface area contributed by atoms with E-state index in [9.17, 15) is 4.39 Å². The fourth-order valence-electron chi connectivity index (χ4n) is 2.32. The third-order valence-corrected chi connectivity index (χ3v) is 3.71. The van der Waals surface area contributed by atoms with Crippen LogP contribution in [-0.2, 0) is 0 Å². The Kier molecular flexibility index (Phi) is 4.21. The van der Waals surface area contributed by atoms with Gasteiger partial charge in [-0.05, 0) is 30.7 Å². The number of rotatable bonds is 3. The Bertz CT molecular complexity index is 376. The molecule has 2 rings (SSSR count). The normalized spacial score (nSPS) is 24.6. The second-order valence-corrected chi connectivity index (χ2v) is 5.43. The third kappa shape index (κ3) is 3.56. The van der Waals surface area contributed by atoms with Gasteiger partial charge >= 0.3 is 0 Å². The Morgan fingerprint density at radius 1 is 1.41 bits per heavy atom. The lowest BCUT2D eigenvalue weighted by Gasteiger charge is -2.26. The first kappa shape index (κ1) is 12.6. The molecule has 1 N–H and O–H groups in total. The maximum atomic E-state index is 13.5. The van der Waals surface area contributed by atoms with Crippen LogP contribution >= 0.6 is 11.6 Å². The van der Waals surface area contributed by atoms with Crippen LogP contribution in [0.4, 0.5) is 10.2 Å². The van der Waals surface area contributed by atoms with Gasteiger partial charge in [-0.25, -0.2) is 9.37 Å². The first-order chi connectivity index (χ1) is 8.15. The second kappa shape index (κ2) is 5.67. The van der Waals surface area contributed by atoms with Crippen molar-refractivity contribution in [2.24, 2.45) is 11.8 Å². The number of hydrogen-bond acceptors (Lipinski definition) is 2. The van der Waals surface area contributed by atoms with Gasteiger partial charge in [-0.3, -0.25) is 0 Å². The molecule has 0 bridgehead atoms. The largest absolute Gasteiger partial charge is 0.367 e. The first-order valence-corrected chi connectivity index (χ1v) is 6.58. The SMILES string of the molecule is CC1CCC(CNc2ncc(Cl)cc2F)CC1. The van der Waals surface area contributed by atoms with Crippen molar-refractivity contribution in [3.8, 4) is 0 Å². The Morgan fingerprint density at radius 3 is 2.76 bits per heavy atom. The zero-order valence-electron chi connectivity index (χ0n) is 10.0. The summed E-state index contributed by atoms with van der Waals surface area (Å²) in [5, 5.41) is 3.41. The van der Waals surface area contributed by atoms with Crippen LogP contribution in [0.15, 0.2) is 12.3 Å². The van der Waals surface area contributed by atoms with Crippen LogP contribution in [0.3, 0.4) is 0 Å². The lowest BCUT2D eigenvalue weighted by Crippen LogP contribution is -2.20. The van der Waals surface area contributed by atoms with Crippen molar-refractivity contribution < 1.29 is 4.39 Å². The molecular formula is C13H18ClFN2. The molecule has 94 valence electrons. The number of halogens is 2. The van der Waals surface area contributed by atoms with Crippen LogP contribution in [0.1, 0.15) is 32.6 Å². The second-order valence-electron chi connectivity index (χ2n) is 4.99. The highest BCUT2D eigenvalue weighted by molar-refractivity contribution is 6.30. The van der Waals surface area contributed by atoms with E-state index in [0.717, 1.165) is 12.5 Å². The molecule has 1 aliphatic carbocycles. The van der Waals surface area contributed by atoms with Crippen LogP contribution in [0.25, 0.3) is 0 Å². The van der Waals surface area contributed by atoms with Gasteiger partial charge in [0.15, 0.2) is 11.6 Å². The highest BCUT2D eigenvalue weighted by Crippen LogP contribution is 2.28. The van der Waals surface area contributed by atoms with Crippen molar-refractivity contribution in [1.29, 1.82) is 0 Å². The molecule has 1 fully saturated rings. The van der Waals surface area contributed by atoms with Crippen LogP contribution in [-0.4, -0.2) is 11.5 Å². The van der Waals surface area contributed by atoms with Crippen LogP contribution in [0.2, 0.25) is 5.02 Å². The van der Waals surface area contributed by atoms with Crippen molar-refractivity contribution in [3.63, 3.8) is 0 Å². The van der Waals surface area contributed by atoms with E-state index < -0.39 is 0 Å². The monoisotopic (exact) mass is 256 g/mol. The molecule has 0 saturated heterocycles. The quantitative estimate of drug-likeness (QED) is 0.880. The molecule has 1 aliphatic rings. The van der Waals surface area contributed by atoms with Crippen molar-refractivity contribution in [2.75, 3.05) is 11.9 Å². The van der Waals surface area contributed by atoms with Gasteiger partial charge in [-0.2, -0.15) is 0 Å². The molecule has 0 unspecified atom stereocenters. The van der Waals surface area contributed by atoms with Gasteiger partial charge in [0.1, 0.15) is 0 Å².